The number of methoxy groups -OCH3 is 1. The Hall–Kier alpha value is -1.91. The van der Waals surface area contributed by atoms with Crippen molar-refractivity contribution in [1.82, 2.24) is 4.90 Å². The number of hydrogen-bond donors (Lipinski definition) is 1. The lowest BCUT2D eigenvalue weighted by Crippen LogP contribution is -2.27. The van der Waals surface area contributed by atoms with Gasteiger partial charge in [-0.15, -0.1) is 0 Å². The fourth-order valence-electron chi connectivity index (χ4n) is 3.07. The molecule has 5 nitrogen and oxygen atoms in total. The second kappa shape index (κ2) is 4.64. The number of rotatable bonds is 1. The van der Waals surface area contributed by atoms with Crippen LogP contribution >= 0.6 is 0 Å². The highest BCUT2D eigenvalue weighted by Gasteiger charge is 2.38. The van der Waals surface area contributed by atoms with Gasteiger partial charge in [-0.05, 0) is 24.0 Å². The van der Waals surface area contributed by atoms with E-state index in [1.54, 1.807) is 7.11 Å². The van der Waals surface area contributed by atoms with Crippen molar-refractivity contribution in [3.63, 3.8) is 0 Å². The lowest BCUT2D eigenvalue weighted by Gasteiger charge is -2.16. The number of nitrogens with zero attached hydrogens (tertiary/aromatic N) is 1. The molecule has 19 heavy (non-hydrogen) atoms. The van der Waals surface area contributed by atoms with Crippen molar-refractivity contribution in [1.29, 1.82) is 0 Å². The number of ether oxygens (including phenoxy) is 2. The highest BCUT2D eigenvalue weighted by molar-refractivity contribution is 5.66. The molecule has 0 radical (unpaired) electrons. The topological polar surface area (TPSA) is 59.0 Å². The minimum absolute atomic E-state index is 0.236. The molecule has 1 fully saturated rings. The first-order valence-corrected chi connectivity index (χ1v) is 6.47. The summed E-state index contributed by atoms with van der Waals surface area (Å²) in [6.07, 6.45) is 0.0647. The van der Waals surface area contributed by atoms with Crippen LogP contribution in [0, 0.1) is 5.92 Å². The molecule has 2 aliphatic rings. The zero-order chi connectivity index (χ0) is 13.4. The third-order valence-electron chi connectivity index (χ3n) is 4.08. The van der Waals surface area contributed by atoms with Crippen LogP contribution in [0.5, 0.6) is 11.5 Å². The molecule has 2 heterocycles. The molecule has 0 aliphatic carbocycles. The predicted molar refractivity (Wildman–Crippen MR) is 68.9 cm³/mol. The molecule has 1 aromatic rings. The van der Waals surface area contributed by atoms with Gasteiger partial charge in [0.05, 0.1) is 13.7 Å². The Morgan fingerprint density at radius 2 is 2.32 bits per heavy atom. The van der Waals surface area contributed by atoms with E-state index < -0.39 is 6.09 Å². The third kappa shape index (κ3) is 2.09. The Balaban J connectivity index is 1.94. The first-order valence-electron chi connectivity index (χ1n) is 6.47. The Morgan fingerprint density at radius 3 is 3.05 bits per heavy atom. The molecule has 0 unspecified atom stereocenters. The highest BCUT2D eigenvalue weighted by atomic mass is 16.5. The second-order valence-corrected chi connectivity index (χ2v) is 5.10. The van der Waals surface area contributed by atoms with E-state index in [4.69, 9.17) is 14.6 Å². The van der Waals surface area contributed by atoms with Crippen molar-refractivity contribution in [2.24, 2.45) is 5.92 Å². The SMILES string of the molecule is COc1ccc2c(c1)OCC[C@H]1CN(C(=O)O)C[C@H]21. The van der Waals surface area contributed by atoms with E-state index in [2.05, 4.69) is 0 Å². The van der Waals surface area contributed by atoms with Gasteiger partial charge in [0, 0.05) is 25.1 Å². The summed E-state index contributed by atoms with van der Waals surface area (Å²) in [4.78, 5) is 12.6. The predicted octanol–water partition coefficient (Wildman–Crippen LogP) is 2.17. The van der Waals surface area contributed by atoms with Gasteiger partial charge in [-0.25, -0.2) is 4.79 Å². The Labute approximate surface area is 111 Å². The number of carbonyl (C=O) groups is 1. The van der Waals surface area contributed by atoms with Crippen LogP contribution in [0.15, 0.2) is 18.2 Å². The molecular weight excluding hydrogens is 246 g/mol. The van der Waals surface area contributed by atoms with Crippen LogP contribution < -0.4 is 9.47 Å². The van der Waals surface area contributed by atoms with Crippen LogP contribution in [-0.2, 0) is 0 Å². The fourth-order valence-corrected chi connectivity index (χ4v) is 3.07. The highest BCUT2D eigenvalue weighted by Crippen LogP contribution is 2.42. The third-order valence-corrected chi connectivity index (χ3v) is 4.08. The summed E-state index contributed by atoms with van der Waals surface area (Å²) in [5.41, 5.74) is 1.10. The van der Waals surface area contributed by atoms with Crippen molar-refractivity contribution in [3.05, 3.63) is 23.8 Å². The maximum absolute atomic E-state index is 11.1. The van der Waals surface area contributed by atoms with Gasteiger partial charge in [-0.2, -0.15) is 0 Å². The molecule has 0 bridgehead atoms. The van der Waals surface area contributed by atoms with Gasteiger partial charge in [-0.1, -0.05) is 6.07 Å². The zero-order valence-corrected chi connectivity index (χ0v) is 10.8. The average molecular weight is 263 g/mol. The molecule has 0 spiro atoms. The quantitative estimate of drug-likeness (QED) is 0.843. The molecule has 2 aliphatic heterocycles. The summed E-state index contributed by atoms with van der Waals surface area (Å²) in [6, 6.07) is 5.80. The normalized spacial score (nSPS) is 25.0. The lowest BCUT2D eigenvalue weighted by atomic mass is 9.87. The van der Waals surface area contributed by atoms with Gasteiger partial charge < -0.3 is 19.5 Å². The summed E-state index contributed by atoms with van der Waals surface area (Å²) in [7, 11) is 1.63. The number of amides is 1. The van der Waals surface area contributed by atoms with E-state index >= 15 is 0 Å². The van der Waals surface area contributed by atoms with Gasteiger partial charge in [0.2, 0.25) is 0 Å². The maximum Gasteiger partial charge on any atom is 0.407 e. The van der Waals surface area contributed by atoms with E-state index in [0.29, 0.717) is 25.6 Å². The van der Waals surface area contributed by atoms with Crippen LogP contribution in [0.2, 0.25) is 0 Å². The second-order valence-electron chi connectivity index (χ2n) is 5.10. The molecule has 1 aromatic carbocycles. The molecule has 2 atom stereocenters. The average Bonchev–Trinajstić information content (AvgIpc) is 2.76. The monoisotopic (exact) mass is 263 g/mol. The zero-order valence-electron chi connectivity index (χ0n) is 10.8. The van der Waals surface area contributed by atoms with E-state index in [-0.39, 0.29) is 5.92 Å². The summed E-state index contributed by atoms with van der Waals surface area (Å²) in [5.74, 6) is 2.19. The molecule has 1 N–H and O–H groups in total. The van der Waals surface area contributed by atoms with Crippen molar-refractivity contribution in [2.45, 2.75) is 12.3 Å². The summed E-state index contributed by atoms with van der Waals surface area (Å²) in [6.45, 7) is 1.80. The minimum Gasteiger partial charge on any atom is -0.497 e. The van der Waals surface area contributed by atoms with E-state index in [9.17, 15) is 4.79 Å². The van der Waals surface area contributed by atoms with Gasteiger partial charge in [0.1, 0.15) is 11.5 Å². The van der Waals surface area contributed by atoms with Gasteiger partial charge >= 0.3 is 6.09 Å². The van der Waals surface area contributed by atoms with Crippen molar-refractivity contribution in [2.75, 3.05) is 26.8 Å². The van der Waals surface area contributed by atoms with Gasteiger partial charge in [-0.3, -0.25) is 0 Å². The molecule has 1 amide bonds. The van der Waals surface area contributed by atoms with Crippen LogP contribution in [0.3, 0.4) is 0 Å². The van der Waals surface area contributed by atoms with Crippen LogP contribution in [-0.4, -0.2) is 42.9 Å². The maximum atomic E-state index is 11.1. The lowest BCUT2D eigenvalue weighted by molar-refractivity contribution is 0.152. The van der Waals surface area contributed by atoms with E-state index in [0.717, 1.165) is 23.5 Å². The smallest absolute Gasteiger partial charge is 0.407 e. The summed E-state index contributed by atoms with van der Waals surface area (Å²) < 4.78 is 11.0. The molecule has 0 saturated carbocycles. The van der Waals surface area contributed by atoms with E-state index in [1.165, 1.54) is 4.90 Å². The molecule has 0 aromatic heterocycles. The van der Waals surface area contributed by atoms with Crippen LogP contribution in [0.4, 0.5) is 4.79 Å². The standard InChI is InChI=1S/C14H17NO4/c1-18-10-2-3-11-12-8-15(14(16)17)7-9(12)4-5-19-13(11)6-10/h2-3,6,9,12H,4-5,7-8H2,1H3,(H,16,17)/t9-,12-/m0/s1. The van der Waals surface area contributed by atoms with Gasteiger partial charge in [0.15, 0.2) is 0 Å². The van der Waals surface area contributed by atoms with Crippen LogP contribution in [0.25, 0.3) is 0 Å². The Bertz CT molecular complexity index is 502. The van der Waals surface area contributed by atoms with Crippen LogP contribution in [0.1, 0.15) is 17.9 Å². The number of carboxylic acid groups (broad SMARTS) is 1. The largest absolute Gasteiger partial charge is 0.497 e. The molecular formula is C14H17NO4. The Kier molecular flexibility index (Phi) is 2.97. The molecule has 102 valence electrons. The first-order chi connectivity index (χ1) is 9.19. The van der Waals surface area contributed by atoms with Crippen molar-refractivity contribution < 1.29 is 19.4 Å². The summed E-state index contributed by atoms with van der Waals surface area (Å²) >= 11 is 0. The Morgan fingerprint density at radius 1 is 1.47 bits per heavy atom. The van der Waals surface area contributed by atoms with E-state index in [1.807, 2.05) is 18.2 Å². The number of fused-ring (bicyclic) bond motifs is 3. The van der Waals surface area contributed by atoms with Crippen molar-refractivity contribution in [3.8, 4) is 11.5 Å². The fraction of sp³-hybridized carbons (Fsp3) is 0.500. The molecule has 5 heteroatoms. The number of likely N-dealkylation sites (tertiary alicyclic amines) is 1. The minimum atomic E-state index is -0.830. The summed E-state index contributed by atoms with van der Waals surface area (Å²) in [5, 5.41) is 9.14. The van der Waals surface area contributed by atoms with Crippen molar-refractivity contribution >= 4 is 6.09 Å². The molecule has 3 rings (SSSR count). The number of benzene rings is 1. The molecule has 1 saturated heterocycles. The van der Waals surface area contributed by atoms with Gasteiger partial charge in [0.25, 0.3) is 0 Å². The first kappa shape index (κ1) is 12.1. The number of hydrogen-bond acceptors (Lipinski definition) is 3.